The second-order valence-electron chi connectivity index (χ2n) is 4.68. The molecule has 1 atom stereocenters. The van der Waals surface area contributed by atoms with Gasteiger partial charge in [0, 0.05) is 17.1 Å². The summed E-state index contributed by atoms with van der Waals surface area (Å²) in [6.07, 6.45) is -2.65. The normalized spacial score (nSPS) is 19.8. The SMILES string of the molecule is C[C@@H]1CCCN1C(=O)c1cc(C(F)(F)F)ccc1Br. The van der Waals surface area contributed by atoms with E-state index in [2.05, 4.69) is 15.9 Å². The van der Waals surface area contributed by atoms with E-state index in [-0.39, 0.29) is 17.5 Å². The molecule has 0 bridgehead atoms. The van der Waals surface area contributed by atoms with E-state index >= 15 is 0 Å². The molecule has 6 heteroatoms. The highest BCUT2D eigenvalue weighted by Crippen LogP contribution is 2.33. The van der Waals surface area contributed by atoms with Crippen molar-refractivity contribution in [2.75, 3.05) is 6.54 Å². The Hall–Kier alpha value is -1.04. The predicted molar refractivity (Wildman–Crippen MR) is 68.9 cm³/mol. The molecule has 1 heterocycles. The molecule has 1 aromatic carbocycles. The first-order valence-electron chi connectivity index (χ1n) is 5.98. The molecule has 0 aliphatic carbocycles. The van der Waals surface area contributed by atoms with Crippen molar-refractivity contribution in [3.05, 3.63) is 33.8 Å². The molecule has 1 aromatic rings. The third-order valence-electron chi connectivity index (χ3n) is 3.34. The van der Waals surface area contributed by atoms with Crippen molar-refractivity contribution in [2.24, 2.45) is 0 Å². The predicted octanol–water partition coefficient (Wildman–Crippen LogP) is 4.09. The van der Waals surface area contributed by atoms with Crippen LogP contribution in [0.5, 0.6) is 0 Å². The van der Waals surface area contributed by atoms with Crippen molar-refractivity contribution in [3.8, 4) is 0 Å². The fraction of sp³-hybridized carbons (Fsp3) is 0.462. The number of halogens is 4. The van der Waals surface area contributed by atoms with E-state index < -0.39 is 11.7 Å². The molecule has 0 aromatic heterocycles. The molecule has 0 saturated carbocycles. The summed E-state index contributed by atoms with van der Waals surface area (Å²) in [6.45, 7) is 2.51. The van der Waals surface area contributed by atoms with Gasteiger partial charge in [0.05, 0.1) is 11.1 Å². The van der Waals surface area contributed by atoms with Gasteiger partial charge in [0.15, 0.2) is 0 Å². The summed E-state index contributed by atoms with van der Waals surface area (Å²) in [6, 6.07) is 3.23. The van der Waals surface area contributed by atoms with Crippen molar-refractivity contribution < 1.29 is 18.0 Å². The van der Waals surface area contributed by atoms with E-state index in [1.807, 2.05) is 6.92 Å². The Morgan fingerprint density at radius 1 is 1.42 bits per heavy atom. The maximum Gasteiger partial charge on any atom is 0.416 e. The molecule has 0 N–H and O–H groups in total. The number of hydrogen-bond donors (Lipinski definition) is 0. The monoisotopic (exact) mass is 335 g/mol. The van der Waals surface area contributed by atoms with Crippen LogP contribution in [0.1, 0.15) is 35.7 Å². The molecule has 19 heavy (non-hydrogen) atoms. The lowest BCUT2D eigenvalue weighted by atomic mass is 10.1. The van der Waals surface area contributed by atoms with Crippen LogP contribution in [0.25, 0.3) is 0 Å². The van der Waals surface area contributed by atoms with Crippen LogP contribution in [0.3, 0.4) is 0 Å². The molecule has 2 rings (SSSR count). The molecule has 1 amide bonds. The average Bonchev–Trinajstić information content (AvgIpc) is 2.73. The van der Waals surface area contributed by atoms with Gasteiger partial charge in [-0.15, -0.1) is 0 Å². The maximum atomic E-state index is 12.7. The number of hydrogen-bond acceptors (Lipinski definition) is 1. The second kappa shape index (κ2) is 5.15. The van der Waals surface area contributed by atoms with E-state index in [9.17, 15) is 18.0 Å². The second-order valence-corrected chi connectivity index (χ2v) is 5.54. The van der Waals surface area contributed by atoms with Gasteiger partial charge in [-0.1, -0.05) is 0 Å². The topological polar surface area (TPSA) is 20.3 Å². The fourth-order valence-corrected chi connectivity index (χ4v) is 2.67. The molecule has 1 aliphatic rings. The van der Waals surface area contributed by atoms with Gasteiger partial charge in [0.2, 0.25) is 0 Å². The summed E-state index contributed by atoms with van der Waals surface area (Å²) >= 11 is 3.15. The number of likely N-dealkylation sites (tertiary alicyclic amines) is 1. The third-order valence-corrected chi connectivity index (χ3v) is 4.03. The quantitative estimate of drug-likeness (QED) is 0.756. The molecule has 0 spiro atoms. The van der Waals surface area contributed by atoms with Crippen LogP contribution in [-0.2, 0) is 6.18 Å². The first kappa shape index (κ1) is 14.4. The molecule has 1 fully saturated rings. The molecule has 2 nitrogen and oxygen atoms in total. The van der Waals surface area contributed by atoms with Gasteiger partial charge in [-0.3, -0.25) is 4.79 Å². The van der Waals surface area contributed by atoms with Crippen molar-refractivity contribution in [3.63, 3.8) is 0 Å². The van der Waals surface area contributed by atoms with Crippen LogP contribution in [0.2, 0.25) is 0 Å². The Kier molecular flexibility index (Phi) is 3.90. The molecule has 0 radical (unpaired) electrons. The highest BCUT2D eigenvalue weighted by atomic mass is 79.9. The minimum Gasteiger partial charge on any atom is -0.336 e. The molecule has 0 unspecified atom stereocenters. The summed E-state index contributed by atoms with van der Waals surface area (Å²) in [5.74, 6) is -0.344. The van der Waals surface area contributed by atoms with E-state index in [4.69, 9.17) is 0 Å². The number of rotatable bonds is 1. The zero-order chi connectivity index (χ0) is 14.2. The van der Waals surface area contributed by atoms with Crippen LogP contribution in [-0.4, -0.2) is 23.4 Å². The fourth-order valence-electron chi connectivity index (χ4n) is 2.26. The lowest BCUT2D eigenvalue weighted by Crippen LogP contribution is -2.34. The van der Waals surface area contributed by atoms with Crippen molar-refractivity contribution in [1.29, 1.82) is 0 Å². The number of benzene rings is 1. The van der Waals surface area contributed by atoms with Crippen LogP contribution in [0.4, 0.5) is 13.2 Å². The average molecular weight is 336 g/mol. The van der Waals surface area contributed by atoms with Gasteiger partial charge < -0.3 is 4.90 Å². The van der Waals surface area contributed by atoms with Crippen LogP contribution < -0.4 is 0 Å². The van der Waals surface area contributed by atoms with E-state index in [0.29, 0.717) is 11.0 Å². The maximum absolute atomic E-state index is 12.7. The number of nitrogens with zero attached hydrogens (tertiary/aromatic N) is 1. The first-order valence-corrected chi connectivity index (χ1v) is 6.77. The third kappa shape index (κ3) is 2.94. The Balaban J connectivity index is 2.36. The Bertz CT molecular complexity index is 501. The van der Waals surface area contributed by atoms with Crippen molar-refractivity contribution >= 4 is 21.8 Å². The lowest BCUT2D eigenvalue weighted by Gasteiger charge is -2.22. The standard InChI is InChI=1S/C13H13BrF3NO/c1-8-3-2-6-18(8)12(19)10-7-9(13(15,16)17)4-5-11(10)14/h4-5,7-8H,2-3,6H2,1H3/t8-/m1/s1. The molecule has 104 valence electrons. The van der Waals surface area contributed by atoms with E-state index in [0.717, 1.165) is 25.0 Å². The first-order chi connectivity index (χ1) is 8.80. The Morgan fingerprint density at radius 3 is 2.63 bits per heavy atom. The van der Waals surface area contributed by atoms with Gasteiger partial charge in [-0.2, -0.15) is 13.2 Å². The number of carbonyl (C=O) groups is 1. The Labute approximate surface area is 117 Å². The molecular weight excluding hydrogens is 323 g/mol. The van der Waals surface area contributed by atoms with Crippen LogP contribution in [0.15, 0.2) is 22.7 Å². The minimum absolute atomic E-state index is 0.0728. The smallest absolute Gasteiger partial charge is 0.336 e. The largest absolute Gasteiger partial charge is 0.416 e. The number of amides is 1. The van der Waals surface area contributed by atoms with Gasteiger partial charge in [-0.05, 0) is 53.9 Å². The van der Waals surface area contributed by atoms with Crippen molar-refractivity contribution in [1.82, 2.24) is 4.90 Å². The summed E-state index contributed by atoms with van der Waals surface area (Å²) in [4.78, 5) is 13.9. The van der Waals surface area contributed by atoms with Crippen molar-refractivity contribution in [2.45, 2.75) is 32.0 Å². The summed E-state index contributed by atoms with van der Waals surface area (Å²) in [7, 11) is 0. The molecule has 1 saturated heterocycles. The summed E-state index contributed by atoms with van der Waals surface area (Å²) in [5.41, 5.74) is -0.727. The van der Waals surface area contributed by atoms with Gasteiger partial charge in [0.1, 0.15) is 0 Å². The number of alkyl halides is 3. The van der Waals surface area contributed by atoms with E-state index in [1.54, 1.807) is 4.90 Å². The van der Waals surface area contributed by atoms with Crippen LogP contribution >= 0.6 is 15.9 Å². The van der Waals surface area contributed by atoms with Crippen LogP contribution in [0, 0.1) is 0 Å². The highest BCUT2D eigenvalue weighted by molar-refractivity contribution is 9.10. The summed E-state index contributed by atoms with van der Waals surface area (Å²) in [5, 5.41) is 0. The van der Waals surface area contributed by atoms with Gasteiger partial charge >= 0.3 is 6.18 Å². The van der Waals surface area contributed by atoms with Gasteiger partial charge in [-0.25, -0.2) is 0 Å². The zero-order valence-electron chi connectivity index (χ0n) is 10.3. The minimum atomic E-state index is -4.44. The van der Waals surface area contributed by atoms with Gasteiger partial charge in [0.25, 0.3) is 5.91 Å². The lowest BCUT2D eigenvalue weighted by molar-refractivity contribution is -0.137. The Morgan fingerprint density at radius 2 is 2.11 bits per heavy atom. The molecular formula is C13H13BrF3NO. The molecule has 1 aliphatic heterocycles. The summed E-state index contributed by atoms with van der Waals surface area (Å²) < 4.78 is 38.4. The van der Waals surface area contributed by atoms with E-state index in [1.165, 1.54) is 6.07 Å². The zero-order valence-corrected chi connectivity index (χ0v) is 11.9. The number of carbonyl (C=O) groups excluding carboxylic acids is 1. The highest BCUT2D eigenvalue weighted by Gasteiger charge is 2.33.